The van der Waals surface area contributed by atoms with E-state index in [4.69, 9.17) is 19.7 Å². The van der Waals surface area contributed by atoms with E-state index in [-0.39, 0.29) is 6.79 Å². The lowest BCUT2D eigenvalue weighted by Crippen LogP contribution is -1.93. The number of rotatable bonds is 2. The van der Waals surface area contributed by atoms with Crippen LogP contribution in [-0.4, -0.2) is 18.2 Å². The molecule has 0 fully saturated rings. The fraction of sp³-hybridized carbons (Fsp3) is 0.182. The second kappa shape index (κ2) is 3.89. The van der Waals surface area contributed by atoms with Gasteiger partial charge in [-0.15, -0.1) is 11.8 Å². The SMILES string of the molecule is CSc1c(-c2cnoc2N)ccc2c1OCO2. The van der Waals surface area contributed by atoms with Crippen molar-refractivity contribution in [1.29, 1.82) is 0 Å². The van der Waals surface area contributed by atoms with E-state index in [0.717, 1.165) is 27.5 Å². The summed E-state index contributed by atoms with van der Waals surface area (Å²) in [6.07, 6.45) is 3.58. The van der Waals surface area contributed by atoms with Crippen molar-refractivity contribution in [3.05, 3.63) is 18.3 Å². The minimum absolute atomic E-state index is 0.255. The third-order valence-corrected chi connectivity index (χ3v) is 3.40. The molecule has 2 aromatic rings. The first-order valence-electron chi connectivity index (χ1n) is 4.98. The van der Waals surface area contributed by atoms with E-state index in [2.05, 4.69) is 5.16 Å². The van der Waals surface area contributed by atoms with Gasteiger partial charge in [0, 0.05) is 5.56 Å². The molecule has 3 rings (SSSR count). The molecule has 1 aromatic heterocycles. The first-order chi connectivity index (χ1) is 8.31. The number of hydrogen-bond acceptors (Lipinski definition) is 6. The van der Waals surface area contributed by atoms with Crippen molar-refractivity contribution in [3.8, 4) is 22.6 Å². The van der Waals surface area contributed by atoms with Crippen LogP contribution in [0.25, 0.3) is 11.1 Å². The molecule has 1 aliphatic heterocycles. The predicted molar refractivity (Wildman–Crippen MR) is 64.3 cm³/mol. The maximum absolute atomic E-state index is 5.73. The van der Waals surface area contributed by atoms with E-state index in [1.165, 1.54) is 0 Å². The number of anilines is 1. The number of nitrogens with two attached hydrogens (primary N) is 1. The van der Waals surface area contributed by atoms with Crippen molar-refractivity contribution in [1.82, 2.24) is 5.16 Å². The fourth-order valence-corrected chi connectivity index (χ4v) is 2.56. The lowest BCUT2D eigenvalue weighted by Gasteiger charge is -2.08. The van der Waals surface area contributed by atoms with Gasteiger partial charge in [0.05, 0.1) is 16.7 Å². The summed E-state index contributed by atoms with van der Waals surface area (Å²) in [5.41, 5.74) is 7.45. The van der Waals surface area contributed by atoms with Crippen molar-refractivity contribution in [3.63, 3.8) is 0 Å². The van der Waals surface area contributed by atoms with Crippen molar-refractivity contribution in [2.24, 2.45) is 0 Å². The molecule has 0 atom stereocenters. The molecule has 0 spiro atoms. The number of nitrogen functional groups attached to an aromatic ring is 1. The average molecular weight is 250 g/mol. The monoisotopic (exact) mass is 250 g/mol. The van der Waals surface area contributed by atoms with E-state index in [1.54, 1.807) is 18.0 Å². The number of fused-ring (bicyclic) bond motifs is 1. The molecule has 2 N–H and O–H groups in total. The summed E-state index contributed by atoms with van der Waals surface area (Å²) in [6, 6.07) is 3.80. The molecule has 0 unspecified atom stereocenters. The molecule has 0 saturated carbocycles. The Labute approximate surface area is 102 Å². The second-order valence-electron chi connectivity index (χ2n) is 3.48. The van der Waals surface area contributed by atoms with Gasteiger partial charge in [-0.3, -0.25) is 0 Å². The van der Waals surface area contributed by atoms with Gasteiger partial charge in [0.25, 0.3) is 0 Å². The van der Waals surface area contributed by atoms with Gasteiger partial charge in [0.1, 0.15) is 0 Å². The van der Waals surface area contributed by atoms with Crippen LogP contribution in [0.5, 0.6) is 11.5 Å². The fourth-order valence-electron chi connectivity index (χ4n) is 1.81. The van der Waals surface area contributed by atoms with Gasteiger partial charge in [0.15, 0.2) is 11.5 Å². The normalized spacial score (nSPS) is 13.0. The van der Waals surface area contributed by atoms with Gasteiger partial charge in [-0.25, -0.2) is 0 Å². The topological polar surface area (TPSA) is 70.5 Å². The summed E-state index contributed by atoms with van der Waals surface area (Å²) in [4.78, 5) is 0.981. The highest BCUT2D eigenvalue weighted by atomic mass is 32.2. The molecule has 0 aliphatic carbocycles. The van der Waals surface area contributed by atoms with E-state index in [0.29, 0.717) is 5.88 Å². The quantitative estimate of drug-likeness (QED) is 0.825. The van der Waals surface area contributed by atoms with Crippen molar-refractivity contribution in [2.45, 2.75) is 4.90 Å². The Morgan fingerprint density at radius 3 is 2.88 bits per heavy atom. The summed E-state index contributed by atoms with van der Waals surface area (Å²) in [5, 5.41) is 3.69. The Morgan fingerprint density at radius 2 is 2.18 bits per heavy atom. The highest BCUT2D eigenvalue weighted by molar-refractivity contribution is 7.98. The van der Waals surface area contributed by atoms with Gasteiger partial charge in [-0.1, -0.05) is 5.16 Å². The molecule has 17 heavy (non-hydrogen) atoms. The average Bonchev–Trinajstić information content (AvgIpc) is 2.95. The van der Waals surface area contributed by atoms with Crippen molar-refractivity contribution < 1.29 is 14.0 Å². The number of nitrogens with zero attached hydrogens (tertiary/aromatic N) is 1. The molecule has 6 heteroatoms. The number of ether oxygens (including phenoxy) is 2. The minimum Gasteiger partial charge on any atom is -0.454 e. The van der Waals surface area contributed by atoms with Gasteiger partial charge in [0.2, 0.25) is 12.7 Å². The second-order valence-corrected chi connectivity index (χ2v) is 4.30. The Morgan fingerprint density at radius 1 is 1.29 bits per heavy atom. The molecule has 1 aliphatic rings. The Hall–Kier alpha value is -1.82. The molecule has 2 heterocycles. The third kappa shape index (κ3) is 1.52. The summed E-state index contributed by atoms with van der Waals surface area (Å²) in [7, 11) is 0. The van der Waals surface area contributed by atoms with E-state index in [1.807, 2.05) is 18.4 Å². The third-order valence-electron chi connectivity index (χ3n) is 2.59. The van der Waals surface area contributed by atoms with E-state index < -0.39 is 0 Å². The maximum Gasteiger partial charge on any atom is 0.231 e. The maximum atomic E-state index is 5.73. The van der Waals surface area contributed by atoms with Crippen LogP contribution in [0.1, 0.15) is 0 Å². The van der Waals surface area contributed by atoms with Crippen LogP contribution < -0.4 is 15.2 Å². The molecular formula is C11H10N2O3S. The van der Waals surface area contributed by atoms with Crippen LogP contribution in [-0.2, 0) is 0 Å². The van der Waals surface area contributed by atoms with Crippen molar-refractivity contribution >= 4 is 17.6 Å². The lowest BCUT2D eigenvalue weighted by atomic mass is 10.1. The van der Waals surface area contributed by atoms with Crippen LogP contribution in [0.4, 0.5) is 5.88 Å². The zero-order chi connectivity index (χ0) is 11.8. The molecule has 0 saturated heterocycles. The van der Waals surface area contributed by atoms with E-state index in [9.17, 15) is 0 Å². The number of hydrogen-bond donors (Lipinski definition) is 1. The number of thioether (sulfide) groups is 1. The number of benzene rings is 1. The number of aromatic nitrogens is 1. The van der Waals surface area contributed by atoms with Crippen LogP contribution in [0, 0.1) is 0 Å². The minimum atomic E-state index is 0.255. The molecule has 0 radical (unpaired) electrons. The first-order valence-corrected chi connectivity index (χ1v) is 6.21. The molecule has 88 valence electrons. The summed E-state index contributed by atoms with van der Waals surface area (Å²) < 4.78 is 15.7. The summed E-state index contributed by atoms with van der Waals surface area (Å²) in [6.45, 7) is 0.255. The first kappa shape index (κ1) is 10.3. The van der Waals surface area contributed by atoms with Crippen LogP contribution in [0.15, 0.2) is 27.7 Å². The Bertz CT molecular complexity index is 568. The van der Waals surface area contributed by atoms with Crippen molar-refractivity contribution in [2.75, 3.05) is 18.8 Å². The largest absolute Gasteiger partial charge is 0.454 e. The Balaban J connectivity index is 2.21. The highest BCUT2D eigenvalue weighted by Gasteiger charge is 2.22. The lowest BCUT2D eigenvalue weighted by molar-refractivity contribution is 0.172. The molecule has 1 aromatic carbocycles. The molecule has 0 bridgehead atoms. The zero-order valence-corrected chi connectivity index (χ0v) is 9.91. The molecular weight excluding hydrogens is 240 g/mol. The standard InChI is InChI=1S/C11H10N2O3S/c1-17-10-6(7-4-13-16-11(7)12)2-3-8-9(10)15-5-14-8/h2-4H,5,12H2,1H3. The smallest absolute Gasteiger partial charge is 0.231 e. The highest BCUT2D eigenvalue weighted by Crippen LogP contribution is 2.46. The predicted octanol–water partition coefficient (Wildman–Crippen LogP) is 2.37. The van der Waals surface area contributed by atoms with Gasteiger partial charge >= 0.3 is 0 Å². The Kier molecular flexibility index (Phi) is 2.36. The summed E-state index contributed by atoms with van der Waals surface area (Å²) >= 11 is 1.58. The molecule has 0 amide bonds. The zero-order valence-electron chi connectivity index (χ0n) is 9.10. The van der Waals surface area contributed by atoms with E-state index >= 15 is 0 Å². The van der Waals surface area contributed by atoms with Crippen LogP contribution >= 0.6 is 11.8 Å². The van der Waals surface area contributed by atoms with Gasteiger partial charge in [-0.2, -0.15) is 0 Å². The molecule has 5 nitrogen and oxygen atoms in total. The van der Waals surface area contributed by atoms with Crippen LogP contribution in [0.3, 0.4) is 0 Å². The summed E-state index contributed by atoms with van der Waals surface area (Å²) in [5.74, 6) is 1.82. The van der Waals surface area contributed by atoms with Crippen LogP contribution in [0.2, 0.25) is 0 Å². The van der Waals surface area contributed by atoms with Gasteiger partial charge in [-0.05, 0) is 18.4 Å². The van der Waals surface area contributed by atoms with Gasteiger partial charge < -0.3 is 19.7 Å².